The number of halogens is 1. The van der Waals surface area contributed by atoms with Gasteiger partial charge in [-0.25, -0.2) is 4.68 Å². The molecule has 4 heteroatoms. The van der Waals surface area contributed by atoms with Crippen LogP contribution in [-0.4, -0.2) is 14.8 Å². The number of unbranched alkanes of at least 4 members (excludes halogenated alkanes) is 6. The molecule has 0 amide bonds. The number of pyridine rings is 1. The van der Waals surface area contributed by atoms with Crippen LogP contribution < -0.4 is 0 Å². The van der Waals surface area contributed by atoms with E-state index in [1.807, 2.05) is 41.3 Å². The summed E-state index contributed by atoms with van der Waals surface area (Å²) in [6.45, 7) is 2.25. The zero-order valence-corrected chi connectivity index (χ0v) is 16.0. The molecule has 3 nitrogen and oxygen atoms in total. The van der Waals surface area contributed by atoms with Crippen LogP contribution in [0.2, 0.25) is 5.02 Å². The van der Waals surface area contributed by atoms with E-state index in [9.17, 15) is 0 Å². The Bertz CT molecular complexity index is 918. The fourth-order valence-corrected chi connectivity index (χ4v) is 3.15. The second-order valence-corrected chi connectivity index (χ2v) is 6.92. The summed E-state index contributed by atoms with van der Waals surface area (Å²) >= 11 is 6.06. The van der Waals surface area contributed by atoms with Gasteiger partial charge in [0.05, 0.1) is 23.0 Å². The van der Waals surface area contributed by atoms with Gasteiger partial charge < -0.3 is 0 Å². The van der Waals surface area contributed by atoms with E-state index in [-0.39, 0.29) is 0 Å². The van der Waals surface area contributed by atoms with Gasteiger partial charge in [-0.05, 0) is 30.7 Å². The van der Waals surface area contributed by atoms with Crippen LogP contribution in [0, 0.1) is 11.8 Å². The van der Waals surface area contributed by atoms with E-state index in [2.05, 4.69) is 28.8 Å². The standard InChI is InChI=1S/C22H24ClN3/c1-2-3-4-5-6-7-8-9-10-18-16-25-26(17-18)22-13-14-24-21-15-19(23)11-12-20(21)22/h11-17H,2-8H2,1H3. The Hall–Kier alpha value is -2.31. The summed E-state index contributed by atoms with van der Waals surface area (Å²) in [5.41, 5.74) is 2.78. The Morgan fingerprint density at radius 2 is 1.92 bits per heavy atom. The fraction of sp³-hybridized carbons (Fsp3) is 0.364. The molecule has 26 heavy (non-hydrogen) atoms. The van der Waals surface area contributed by atoms with Crippen LogP contribution in [0.15, 0.2) is 42.9 Å². The predicted molar refractivity (Wildman–Crippen MR) is 109 cm³/mol. The van der Waals surface area contributed by atoms with E-state index in [4.69, 9.17) is 11.6 Å². The van der Waals surface area contributed by atoms with E-state index >= 15 is 0 Å². The molecule has 2 aromatic heterocycles. The van der Waals surface area contributed by atoms with E-state index in [1.54, 1.807) is 6.20 Å². The zero-order valence-electron chi connectivity index (χ0n) is 15.2. The number of hydrogen-bond acceptors (Lipinski definition) is 2. The van der Waals surface area contributed by atoms with Gasteiger partial charge in [-0.1, -0.05) is 62.5 Å². The van der Waals surface area contributed by atoms with Crippen molar-refractivity contribution in [1.82, 2.24) is 14.8 Å². The molecule has 0 N–H and O–H groups in total. The Kier molecular flexibility index (Phi) is 6.68. The highest BCUT2D eigenvalue weighted by atomic mass is 35.5. The molecule has 0 saturated carbocycles. The molecule has 1 aromatic carbocycles. The van der Waals surface area contributed by atoms with Crippen LogP contribution in [0.25, 0.3) is 16.6 Å². The average Bonchev–Trinajstić information content (AvgIpc) is 3.12. The van der Waals surface area contributed by atoms with Gasteiger partial charge in [-0.15, -0.1) is 0 Å². The number of nitrogens with zero attached hydrogens (tertiary/aromatic N) is 3. The predicted octanol–water partition coefficient (Wildman–Crippen LogP) is 6.18. The van der Waals surface area contributed by atoms with Gasteiger partial charge in [-0.2, -0.15) is 5.10 Å². The van der Waals surface area contributed by atoms with Gasteiger partial charge in [0.2, 0.25) is 0 Å². The summed E-state index contributed by atoms with van der Waals surface area (Å²) < 4.78 is 1.85. The van der Waals surface area contributed by atoms with Gasteiger partial charge in [0.15, 0.2) is 0 Å². The molecule has 0 spiro atoms. The molecule has 0 unspecified atom stereocenters. The number of fused-ring (bicyclic) bond motifs is 1. The molecule has 0 bridgehead atoms. The normalized spacial score (nSPS) is 10.7. The first-order chi connectivity index (χ1) is 12.8. The molecule has 2 heterocycles. The Morgan fingerprint density at radius 1 is 1.08 bits per heavy atom. The topological polar surface area (TPSA) is 30.7 Å². The summed E-state index contributed by atoms with van der Waals surface area (Å²) in [4.78, 5) is 4.38. The summed E-state index contributed by atoms with van der Waals surface area (Å²) in [5.74, 6) is 6.49. The van der Waals surface area contributed by atoms with Crippen LogP contribution in [0.1, 0.15) is 57.4 Å². The maximum absolute atomic E-state index is 6.06. The van der Waals surface area contributed by atoms with Gasteiger partial charge in [-0.3, -0.25) is 4.98 Å². The van der Waals surface area contributed by atoms with Crippen LogP contribution in [0.5, 0.6) is 0 Å². The van der Waals surface area contributed by atoms with Gasteiger partial charge in [0, 0.05) is 29.2 Å². The summed E-state index contributed by atoms with van der Waals surface area (Å²) in [6.07, 6.45) is 14.3. The molecular weight excluding hydrogens is 342 g/mol. The van der Waals surface area contributed by atoms with Gasteiger partial charge in [0.25, 0.3) is 0 Å². The molecule has 0 aliphatic rings. The van der Waals surface area contributed by atoms with E-state index in [0.717, 1.165) is 28.6 Å². The van der Waals surface area contributed by atoms with Crippen molar-refractivity contribution in [3.05, 3.63) is 53.4 Å². The lowest BCUT2D eigenvalue weighted by Crippen LogP contribution is -1.96. The van der Waals surface area contributed by atoms with Crippen molar-refractivity contribution in [3.8, 4) is 17.5 Å². The maximum Gasteiger partial charge on any atom is 0.0755 e. The van der Waals surface area contributed by atoms with Crippen molar-refractivity contribution >= 4 is 22.5 Å². The van der Waals surface area contributed by atoms with Crippen molar-refractivity contribution < 1.29 is 0 Å². The minimum atomic E-state index is 0.684. The first-order valence-electron chi connectivity index (χ1n) is 9.36. The fourth-order valence-electron chi connectivity index (χ4n) is 2.98. The smallest absolute Gasteiger partial charge is 0.0755 e. The molecule has 0 aliphatic heterocycles. The second kappa shape index (κ2) is 9.40. The lowest BCUT2D eigenvalue weighted by molar-refractivity contribution is 0.614. The summed E-state index contributed by atoms with van der Waals surface area (Å²) in [5, 5.41) is 6.17. The molecular formula is C22H24ClN3. The molecule has 3 rings (SSSR count). The van der Waals surface area contributed by atoms with Crippen molar-refractivity contribution in [2.24, 2.45) is 0 Å². The van der Waals surface area contributed by atoms with Crippen molar-refractivity contribution in [2.45, 2.75) is 51.9 Å². The van der Waals surface area contributed by atoms with Gasteiger partial charge in [0.1, 0.15) is 0 Å². The minimum absolute atomic E-state index is 0.684. The van der Waals surface area contributed by atoms with Crippen molar-refractivity contribution in [3.63, 3.8) is 0 Å². The van der Waals surface area contributed by atoms with Gasteiger partial charge >= 0.3 is 0 Å². The largest absolute Gasteiger partial charge is 0.256 e. The number of hydrogen-bond donors (Lipinski definition) is 0. The lowest BCUT2D eigenvalue weighted by Gasteiger charge is -2.05. The Labute approximate surface area is 160 Å². The Morgan fingerprint density at radius 3 is 2.81 bits per heavy atom. The van der Waals surface area contributed by atoms with Crippen LogP contribution in [-0.2, 0) is 0 Å². The highest BCUT2D eigenvalue weighted by molar-refractivity contribution is 6.31. The summed E-state index contributed by atoms with van der Waals surface area (Å²) in [6, 6.07) is 7.67. The third kappa shape index (κ3) is 4.86. The number of rotatable bonds is 7. The summed E-state index contributed by atoms with van der Waals surface area (Å²) in [7, 11) is 0. The first kappa shape index (κ1) is 18.5. The third-order valence-corrected chi connectivity index (χ3v) is 4.63. The molecule has 0 atom stereocenters. The molecule has 0 aliphatic carbocycles. The molecule has 0 fully saturated rings. The first-order valence-corrected chi connectivity index (χ1v) is 9.74. The van der Waals surface area contributed by atoms with E-state index < -0.39 is 0 Å². The minimum Gasteiger partial charge on any atom is -0.256 e. The monoisotopic (exact) mass is 365 g/mol. The van der Waals surface area contributed by atoms with Crippen LogP contribution in [0.3, 0.4) is 0 Å². The second-order valence-electron chi connectivity index (χ2n) is 6.48. The average molecular weight is 366 g/mol. The molecule has 0 saturated heterocycles. The quantitative estimate of drug-likeness (QED) is 0.370. The molecule has 3 aromatic rings. The zero-order chi connectivity index (χ0) is 18.2. The highest BCUT2D eigenvalue weighted by Crippen LogP contribution is 2.23. The van der Waals surface area contributed by atoms with Crippen LogP contribution >= 0.6 is 11.6 Å². The SMILES string of the molecule is CCCCCCCCC#Cc1cnn(-c2ccnc3cc(Cl)ccc23)c1. The highest BCUT2D eigenvalue weighted by Gasteiger charge is 2.06. The van der Waals surface area contributed by atoms with Crippen LogP contribution in [0.4, 0.5) is 0 Å². The lowest BCUT2D eigenvalue weighted by atomic mass is 10.1. The number of aromatic nitrogens is 3. The van der Waals surface area contributed by atoms with E-state index in [0.29, 0.717) is 5.02 Å². The molecule has 134 valence electrons. The number of benzene rings is 1. The van der Waals surface area contributed by atoms with E-state index in [1.165, 1.54) is 38.5 Å². The van der Waals surface area contributed by atoms with Crippen molar-refractivity contribution in [1.29, 1.82) is 0 Å². The molecule has 0 radical (unpaired) electrons. The van der Waals surface area contributed by atoms with Crippen molar-refractivity contribution in [2.75, 3.05) is 0 Å². The Balaban J connectivity index is 1.63. The third-order valence-electron chi connectivity index (χ3n) is 4.40. The maximum atomic E-state index is 6.06.